The summed E-state index contributed by atoms with van der Waals surface area (Å²) in [6.45, 7) is 0. The summed E-state index contributed by atoms with van der Waals surface area (Å²) in [6.07, 6.45) is 0. The number of furan rings is 1. The largest absolute Gasteiger partial charge is 0.463 e. The van der Waals surface area contributed by atoms with Crippen LogP contribution >= 0.6 is 22.6 Å². The molecule has 2 rings (SSSR count). The number of methoxy groups -OCH3 is 1. The maximum atomic E-state index is 11.4. The molecule has 0 saturated carbocycles. The SMILES string of the molecule is CNC(c1ccc(C(=O)OC)o1)c1ccccc1I. The maximum absolute atomic E-state index is 11.4. The topological polar surface area (TPSA) is 51.5 Å². The van der Waals surface area contributed by atoms with Crippen molar-refractivity contribution in [3.8, 4) is 0 Å². The van der Waals surface area contributed by atoms with Gasteiger partial charge in [-0.05, 0) is 53.4 Å². The lowest BCUT2D eigenvalue weighted by atomic mass is 10.1. The number of ether oxygens (including phenoxy) is 1. The molecule has 0 bridgehead atoms. The van der Waals surface area contributed by atoms with Crippen LogP contribution < -0.4 is 5.32 Å². The van der Waals surface area contributed by atoms with E-state index in [1.807, 2.05) is 31.3 Å². The molecule has 1 atom stereocenters. The summed E-state index contributed by atoms with van der Waals surface area (Å²) in [5, 5.41) is 3.20. The predicted molar refractivity (Wildman–Crippen MR) is 80.1 cm³/mol. The smallest absolute Gasteiger partial charge is 0.373 e. The summed E-state index contributed by atoms with van der Waals surface area (Å²) in [4.78, 5) is 11.4. The molecule has 0 saturated heterocycles. The van der Waals surface area contributed by atoms with Gasteiger partial charge in [0.2, 0.25) is 5.76 Å². The summed E-state index contributed by atoms with van der Waals surface area (Å²) in [7, 11) is 3.19. The quantitative estimate of drug-likeness (QED) is 0.663. The Bertz CT molecular complexity index is 580. The standard InChI is InChI=1S/C14H14INO3/c1-16-13(9-5-3-4-6-10(9)15)11-7-8-12(19-11)14(17)18-2/h3-8,13,16H,1-2H3. The van der Waals surface area contributed by atoms with Crippen molar-refractivity contribution in [3.05, 3.63) is 57.1 Å². The highest BCUT2D eigenvalue weighted by Crippen LogP contribution is 2.27. The lowest BCUT2D eigenvalue weighted by Crippen LogP contribution is -2.18. The molecule has 2 aromatic rings. The average molecular weight is 371 g/mol. The Hall–Kier alpha value is -1.34. The zero-order valence-electron chi connectivity index (χ0n) is 10.6. The summed E-state index contributed by atoms with van der Waals surface area (Å²) in [5.74, 6) is 0.430. The van der Waals surface area contributed by atoms with E-state index in [4.69, 9.17) is 4.42 Å². The normalized spacial score (nSPS) is 12.2. The van der Waals surface area contributed by atoms with Gasteiger partial charge in [-0.15, -0.1) is 0 Å². The predicted octanol–water partition coefficient (Wildman–Crippen LogP) is 2.98. The van der Waals surface area contributed by atoms with E-state index in [2.05, 4.69) is 32.6 Å². The highest BCUT2D eigenvalue weighted by atomic mass is 127. The fourth-order valence-corrected chi connectivity index (χ4v) is 2.58. The second-order valence-corrected chi connectivity index (χ2v) is 5.10. The molecule has 1 aromatic heterocycles. The monoisotopic (exact) mass is 371 g/mol. The molecule has 0 aliphatic heterocycles. The van der Waals surface area contributed by atoms with Gasteiger partial charge >= 0.3 is 5.97 Å². The number of nitrogens with one attached hydrogen (secondary N) is 1. The minimum absolute atomic E-state index is 0.0912. The van der Waals surface area contributed by atoms with Crippen LogP contribution in [0.3, 0.4) is 0 Å². The van der Waals surface area contributed by atoms with Gasteiger partial charge in [0.05, 0.1) is 13.2 Å². The Balaban J connectivity index is 2.35. The fourth-order valence-electron chi connectivity index (χ4n) is 1.88. The first-order valence-corrected chi connectivity index (χ1v) is 6.85. The van der Waals surface area contributed by atoms with Gasteiger partial charge in [0, 0.05) is 3.57 Å². The number of halogens is 1. The molecule has 5 heteroatoms. The summed E-state index contributed by atoms with van der Waals surface area (Å²) in [5.41, 5.74) is 1.11. The van der Waals surface area contributed by atoms with Crippen LogP contribution in [0.25, 0.3) is 0 Å². The van der Waals surface area contributed by atoms with Crippen LogP contribution in [-0.2, 0) is 4.74 Å². The highest BCUT2D eigenvalue weighted by Gasteiger charge is 2.20. The van der Waals surface area contributed by atoms with E-state index in [9.17, 15) is 4.79 Å². The van der Waals surface area contributed by atoms with E-state index in [-0.39, 0.29) is 11.8 Å². The molecular weight excluding hydrogens is 357 g/mol. The van der Waals surface area contributed by atoms with Gasteiger partial charge in [-0.2, -0.15) is 0 Å². The molecule has 1 unspecified atom stereocenters. The van der Waals surface area contributed by atoms with Gasteiger partial charge in [0.25, 0.3) is 0 Å². The molecule has 0 spiro atoms. The van der Waals surface area contributed by atoms with Crippen LogP contribution in [0.1, 0.15) is 27.9 Å². The maximum Gasteiger partial charge on any atom is 0.373 e. The second-order valence-electron chi connectivity index (χ2n) is 3.94. The van der Waals surface area contributed by atoms with Gasteiger partial charge in [-0.25, -0.2) is 4.79 Å². The van der Waals surface area contributed by atoms with Gasteiger partial charge < -0.3 is 14.5 Å². The molecular formula is C14H14INO3. The van der Waals surface area contributed by atoms with Gasteiger partial charge in [-0.3, -0.25) is 0 Å². The zero-order valence-corrected chi connectivity index (χ0v) is 12.8. The summed E-state index contributed by atoms with van der Waals surface area (Å²) >= 11 is 2.28. The third kappa shape index (κ3) is 2.98. The van der Waals surface area contributed by atoms with Crippen molar-refractivity contribution >= 4 is 28.6 Å². The van der Waals surface area contributed by atoms with E-state index in [0.29, 0.717) is 5.76 Å². The number of rotatable bonds is 4. The minimum atomic E-state index is -0.469. The van der Waals surface area contributed by atoms with Crippen molar-refractivity contribution in [1.29, 1.82) is 0 Å². The number of carbonyl (C=O) groups is 1. The van der Waals surface area contributed by atoms with E-state index in [1.165, 1.54) is 7.11 Å². The number of benzene rings is 1. The summed E-state index contributed by atoms with van der Waals surface area (Å²) in [6, 6.07) is 11.4. The van der Waals surface area contributed by atoms with Gasteiger partial charge in [0.1, 0.15) is 5.76 Å². The van der Waals surface area contributed by atoms with Crippen LogP contribution in [-0.4, -0.2) is 20.1 Å². The van der Waals surface area contributed by atoms with Crippen LogP contribution in [0, 0.1) is 3.57 Å². The minimum Gasteiger partial charge on any atom is -0.463 e. The van der Waals surface area contributed by atoms with Crippen LogP contribution in [0.15, 0.2) is 40.8 Å². The number of hydrogen-bond acceptors (Lipinski definition) is 4. The van der Waals surface area contributed by atoms with E-state index in [1.54, 1.807) is 12.1 Å². The molecule has 1 aromatic carbocycles. The molecule has 0 aliphatic rings. The Morgan fingerprint density at radius 1 is 1.32 bits per heavy atom. The third-order valence-electron chi connectivity index (χ3n) is 2.80. The molecule has 1 heterocycles. The van der Waals surface area contributed by atoms with Crippen molar-refractivity contribution in [2.45, 2.75) is 6.04 Å². The number of esters is 1. The second kappa shape index (κ2) is 6.21. The van der Waals surface area contributed by atoms with Crippen molar-refractivity contribution in [3.63, 3.8) is 0 Å². The fraction of sp³-hybridized carbons (Fsp3) is 0.214. The van der Waals surface area contributed by atoms with Crippen molar-refractivity contribution < 1.29 is 13.9 Å². The summed E-state index contributed by atoms with van der Waals surface area (Å²) < 4.78 is 11.3. The van der Waals surface area contributed by atoms with E-state index in [0.717, 1.165) is 9.13 Å². The molecule has 1 N–H and O–H groups in total. The molecule has 4 nitrogen and oxygen atoms in total. The number of carbonyl (C=O) groups excluding carboxylic acids is 1. The molecule has 0 aliphatic carbocycles. The average Bonchev–Trinajstić information content (AvgIpc) is 2.90. The Morgan fingerprint density at radius 2 is 2.05 bits per heavy atom. The first-order chi connectivity index (χ1) is 9.17. The van der Waals surface area contributed by atoms with E-state index >= 15 is 0 Å². The molecule has 0 radical (unpaired) electrons. The Labute approximate surface area is 125 Å². The lowest BCUT2D eigenvalue weighted by molar-refractivity contribution is 0.0562. The molecule has 19 heavy (non-hydrogen) atoms. The first-order valence-electron chi connectivity index (χ1n) is 5.77. The number of hydrogen-bond donors (Lipinski definition) is 1. The van der Waals surface area contributed by atoms with Gasteiger partial charge in [0.15, 0.2) is 0 Å². The van der Waals surface area contributed by atoms with Crippen LogP contribution in [0.4, 0.5) is 0 Å². The first kappa shape index (κ1) is 14.1. The van der Waals surface area contributed by atoms with Crippen LogP contribution in [0.5, 0.6) is 0 Å². The van der Waals surface area contributed by atoms with Crippen molar-refractivity contribution in [2.75, 3.05) is 14.2 Å². The highest BCUT2D eigenvalue weighted by molar-refractivity contribution is 14.1. The Morgan fingerprint density at radius 3 is 2.68 bits per heavy atom. The molecule has 100 valence electrons. The van der Waals surface area contributed by atoms with Crippen molar-refractivity contribution in [2.24, 2.45) is 0 Å². The lowest BCUT2D eigenvalue weighted by Gasteiger charge is -2.15. The molecule has 0 fully saturated rings. The third-order valence-corrected chi connectivity index (χ3v) is 3.79. The van der Waals surface area contributed by atoms with Crippen LogP contribution in [0.2, 0.25) is 0 Å². The van der Waals surface area contributed by atoms with Crippen molar-refractivity contribution in [1.82, 2.24) is 5.32 Å². The Kier molecular flexibility index (Phi) is 4.60. The molecule has 0 amide bonds. The van der Waals surface area contributed by atoms with Gasteiger partial charge in [-0.1, -0.05) is 18.2 Å². The zero-order chi connectivity index (χ0) is 13.8. The van der Waals surface area contributed by atoms with E-state index < -0.39 is 5.97 Å².